The first-order valence-electron chi connectivity index (χ1n) is 12.2. The Labute approximate surface area is 182 Å². The van der Waals surface area contributed by atoms with E-state index in [9.17, 15) is 0 Å². The molecular formula is C24H40N6. The third kappa shape index (κ3) is 5.73. The zero-order valence-electron chi connectivity index (χ0n) is 19.0. The molecule has 4 heterocycles. The summed E-state index contributed by atoms with van der Waals surface area (Å²) in [6.45, 7) is 12.1. The van der Waals surface area contributed by atoms with E-state index in [4.69, 9.17) is 0 Å². The fraction of sp³-hybridized carbons (Fsp3) is 0.750. The quantitative estimate of drug-likeness (QED) is 0.629. The Morgan fingerprint density at radius 3 is 1.77 bits per heavy atom. The molecule has 166 valence electrons. The Kier molecular flexibility index (Phi) is 7.61. The van der Waals surface area contributed by atoms with Gasteiger partial charge in [-0.3, -0.25) is 4.68 Å². The lowest BCUT2D eigenvalue weighted by molar-refractivity contribution is 0.181. The van der Waals surface area contributed by atoms with Gasteiger partial charge >= 0.3 is 0 Å². The predicted molar refractivity (Wildman–Crippen MR) is 122 cm³/mol. The second kappa shape index (κ2) is 10.6. The molecule has 0 unspecified atom stereocenters. The predicted octanol–water partition coefficient (Wildman–Crippen LogP) is 3.72. The van der Waals surface area contributed by atoms with Crippen LogP contribution in [0.2, 0.25) is 0 Å². The SMILES string of the molecule is C[C@H]1CCCN(CCCc2nnc(CCCN3CCC[C@H](C)C3)n2-n2cccc2)C1. The fourth-order valence-corrected chi connectivity index (χ4v) is 5.29. The Bertz CT molecular complexity index is 706. The molecule has 6 heteroatoms. The zero-order valence-corrected chi connectivity index (χ0v) is 19.0. The van der Waals surface area contributed by atoms with Crippen molar-refractivity contribution in [2.45, 2.75) is 65.2 Å². The second-order valence-electron chi connectivity index (χ2n) is 9.71. The van der Waals surface area contributed by atoms with Crippen molar-refractivity contribution in [2.24, 2.45) is 11.8 Å². The van der Waals surface area contributed by atoms with Gasteiger partial charge in [0.05, 0.1) is 0 Å². The zero-order chi connectivity index (χ0) is 20.8. The lowest BCUT2D eigenvalue weighted by Gasteiger charge is -2.30. The van der Waals surface area contributed by atoms with E-state index in [2.05, 4.69) is 67.7 Å². The standard InChI is InChI=1S/C24H40N6/c1-21-9-5-13-27(19-21)15-7-11-23-25-26-24(30(23)29-17-3-4-18-29)12-8-16-28-14-6-10-22(2)20-28/h3-4,17-18,21-22H,5-16,19-20H2,1-2H3/t21-,22-/m0/s1. The van der Waals surface area contributed by atoms with E-state index in [1.807, 2.05) is 0 Å². The van der Waals surface area contributed by atoms with E-state index in [0.29, 0.717) is 0 Å². The van der Waals surface area contributed by atoms with Crippen molar-refractivity contribution in [3.63, 3.8) is 0 Å². The average molecular weight is 413 g/mol. The fourth-order valence-electron chi connectivity index (χ4n) is 5.29. The number of nitrogens with zero attached hydrogens (tertiary/aromatic N) is 6. The molecule has 0 radical (unpaired) electrons. The molecule has 2 atom stereocenters. The molecule has 2 saturated heterocycles. The van der Waals surface area contributed by atoms with Crippen molar-refractivity contribution < 1.29 is 0 Å². The van der Waals surface area contributed by atoms with Gasteiger partial charge in [-0.15, -0.1) is 10.2 Å². The minimum Gasteiger partial charge on any atom is -0.303 e. The van der Waals surface area contributed by atoms with Crippen LogP contribution in [0.4, 0.5) is 0 Å². The molecule has 2 aliphatic rings. The van der Waals surface area contributed by atoms with Crippen LogP contribution in [0.3, 0.4) is 0 Å². The maximum Gasteiger partial charge on any atom is 0.153 e. The first kappa shape index (κ1) is 21.6. The van der Waals surface area contributed by atoms with Crippen molar-refractivity contribution in [2.75, 3.05) is 39.3 Å². The molecule has 2 aliphatic heterocycles. The highest BCUT2D eigenvalue weighted by molar-refractivity contribution is 5.02. The highest BCUT2D eigenvalue weighted by atomic mass is 15.5. The van der Waals surface area contributed by atoms with Gasteiger partial charge in [0.1, 0.15) is 0 Å². The minimum absolute atomic E-state index is 0.844. The van der Waals surface area contributed by atoms with Crippen molar-refractivity contribution in [3.8, 4) is 0 Å². The molecule has 2 aromatic heterocycles. The Balaban J connectivity index is 1.34. The molecule has 0 aromatic carbocycles. The van der Waals surface area contributed by atoms with Gasteiger partial charge in [-0.2, -0.15) is 0 Å². The summed E-state index contributed by atoms with van der Waals surface area (Å²) < 4.78 is 4.40. The summed E-state index contributed by atoms with van der Waals surface area (Å²) in [7, 11) is 0. The van der Waals surface area contributed by atoms with E-state index < -0.39 is 0 Å². The summed E-state index contributed by atoms with van der Waals surface area (Å²) in [4.78, 5) is 5.26. The van der Waals surface area contributed by atoms with Gasteiger partial charge in [0.25, 0.3) is 0 Å². The van der Waals surface area contributed by atoms with Gasteiger partial charge in [0, 0.05) is 38.3 Å². The Morgan fingerprint density at radius 1 is 0.800 bits per heavy atom. The van der Waals surface area contributed by atoms with Crippen LogP contribution in [0.1, 0.15) is 64.0 Å². The van der Waals surface area contributed by atoms with Gasteiger partial charge in [-0.1, -0.05) is 13.8 Å². The summed E-state index contributed by atoms with van der Waals surface area (Å²) in [5.74, 6) is 3.88. The van der Waals surface area contributed by atoms with Crippen LogP contribution in [-0.2, 0) is 12.8 Å². The van der Waals surface area contributed by atoms with E-state index in [1.165, 1.54) is 65.0 Å². The smallest absolute Gasteiger partial charge is 0.153 e. The van der Waals surface area contributed by atoms with Gasteiger partial charge in [0.15, 0.2) is 11.6 Å². The topological polar surface area (TPSA) is 42.1 Å². The number of rotatable bonds is 9. The molecule has 2 fully saturated rings. The van der Waals surface area contributed by atoms with Gasteiger partial charge in [0.2, 0.25) is 0 Å². The van der Waals surface area contributed by atoms with Crippen LogP contribution in [0.25, 0.3) is 0 Å². The monoisotopic (exact) mass is 412 g/mol. The lowest BCUT2D eigenvalue weighted by Crippen LogP contribution is -2.35. The number of aryl methyl sites for hydroxylation is 2. The molecule has 0 saturated carbocycles. The lowest BCUT2D eigenvalue weighted by atomic mass is 10.00. The molecule has 2 aromatic rings. The maximum atomic E-state index is 4.61. The van der Waals surface area contributed by atoms with Crippen LogP contribution in [-0.4, -0.2) is 68.6 Å². The van der Waals surface area contributed by atoms with Crippen LogP contribution in [0.5, 0.6) is 0 Å². The average Bonchev–Trinajstić information content (AvgIpc) is 3.38. The van der Waals surface area contributed by atoms with Crippen LogP contribution in [0.15, 0.2) is 24.5 Å². The largest absolute Gasteiger partial charge is 0.303 e. The Hall–Kier alpha value is -1.66. The number of hydrogen-bond donors (Lipinski definition) is 0. The summed E-state index contributed by atoms with van der Waals surface area (Å²) >= 11 is 0. The first-order chi connectivity index (χ1) is 14.7. The third-order valence-corrected chi connectivity index (χ3v) is 6.82. The molecule has 0 N–H and O–H groups in total. The molecule has 0 spiro atoms. The summed E-state index contributed by atoms with van der Waals surface area (Å²) in [6, 6.07) is 4.16. The molecule has 6 nitrogen and oxygen atoms in total. The van der Waals surface area contributed by atoms with E-state index in [-0.39, 0.29) is 0 Å². The number of likely N-dealkylation sites (tertiary alicyclic amines) is 2. The van der Waals surface area contributed by atoms with Gasteiger partial charge < -0.3 is 9.80 Å². The second-order valence-corrected chi connectivity index (χ2v) is 9.71. The van der Waals surface area contributed by atoms with E-state index in [1.54, 1.807) is 0 Å². The van der Waals surface area contributed by atoms with Crippen molar-refractivity contribution in [1.82, 2.24) is 29.3 Å². The third-order valence-electron chi connectivity index (χ3n) is 6.82. The van der Waals surface area contributed by atoms with Crippen LogP contribution in [0, 0.1) is 11.8 Å². The highest BCUT2D eigenvalue weighted by Gasteiger charge is 2.19. The van der Waals surface area contributed by atoms with Crippen LogP contribution < -0.4 is 0 Å². The molecular weight excluding hydrogens is 372 g/mol. The summed E-state index contributed by atoms with van der Waals surface area (Å²) in [6.07, 6.45) is 14.0. The molecule has 0 aliphatic carbocycles. The van der Waals surface area contributed by atoms with Crippen molar-refractivity contribution in [3.05, 3.63) is 36.2 Å². The van der Waals surface area contributed by atoms with Crippen molar-refractivity contribution in [1.29, 1.82) is 0 Å². The summed E-state index contributed by atoms with van der Waals surface area (Å²) in [5.41, 5.74) is 0. The minimum atomic E-state index is 0.844. The van der Waals surface area contributed by atoms with Gasteiger partial charge in [-0.05, 0) is 88.7 Å². The molecule has 0 amide bonds. The molecule has 30 heavy (non-hydrogen) atoms. The Morgan fingerprint density at radius 2 is 1.30 bits per heavy atom. The van der Waals surface area contributed by atoms with Crippen molar-refractivity contribution >= 4 is 0 Å². The van der Waals surface area contributed by atoms with Gasteiger partial charge in [-0.25, -0.2) is 4.68 Å². The molecule has 4 rings (SSSR count). The number of piperidine rings is 2. The normalized spacial score (nSPS) is 23.8. The van der Waals surface area contributed by atoms with E-state index >= 15 is 0 Å². The van der Waals surface area contributed by atoms with E-state index in [0.717, 1.165) is 49.2 Å². The number of aromatic nitrogens is 4. The van der Waals surface area contributed by atoms with Crippen LogP contribution >= 0.6 is 0 Å². The molecule has 0 bridgehead atoms. The highest BCUT2D eigenvalue weighted by Crippen LogP contribution is 2.18. The number of hydrogen-bond acceptors (Lipinski definition) is 4. The first-order valence-corrected chi connectivity index (χ1v) is 12.2. The maximum absolute atomic E-state index is 4.61. The summed E-state index contributed by atoms with van der Waals surface area (Å²) in [5, 5.41) is 9.21.